The summed E-state index contributed by atoms with van der Waals surface area (Å²) in [5, 5.41) is 11.4. The molecule has 0 aliphatic heterocycles. The van der Waals surface area contributed by atoms with Gasteiger partial charge in [-0.3, -0.25) is 9.59 Å². The highest BCUT2D eigenvalue weighted by Crippen LogP contribution is 2.12. The number of likely N-dealkylation sites (N-methyl/N-ethyl adjacent to an activating group) is 1. The number of carbonyl (C=O) groups is 2. The van der Waals surface area contributed by atoms with Crippen molar-refractivity contribution in [2.75, 3.05) is 7.05 Å². The lowest BCUT2D eigenvalue weighted by Gasteiger charge is -2.12. The Labute approximate surface area is 102 Å². The minimum absolute atomic E-state index is 0.211. The summed E-state index contributed by atoms with van der Waals surface area (Å²) in [6.45, 7) is 0. The number of carboxylic acid groups (broad SMARTS) is 1. The molecule has 1 aromatic rings. The molecule has 2 N–H and O–H groups in total. The Balaban J connectivity index is 2.82. The molecule has 16 heavy (non-hydrogen) atoms. The molecule has 1 atom stereocenters. The molecule has 0 aliphatic rings. The lowest BCUT2D eigenvalue weighted by Crippen LogP contribution is -2.36. The predicted molar refractivity (Wildman–Crippen MR) is 63.6 cm³/mol. The van der Waals surface area contributed by atoms with Crippen LogP contribution in [-0.2, 0) is 4.79 Å². The standard InChI is InChI=1S/C11H12BrNO3/c1-13-9(6-10(14)15)11(16)7-2-4-8(12)5-3-7/h2-5,9,13H,6H2,1H3,(H,14,15). The summed E-state index contributed by atoms with van der Waals surface area (Å²) in [4.78, 5) is 22.4. The maximum Gasteiger partial charge on any atom is 0.305 e. The molecule has 0 heterocycles. The van der Waals surface area contributed by atoms with Crippen LogP contribution in [-0.4, -0.2) is 29.9 Å². The van der Waals surface area contributed by atoms with Gasteiger partial charge in [0.25, 0.3) is 0 Å². The number of nitrogens with one attached hydrogen (secondary N) is 1. The van der Waals surface area contributed by atoms with Gasteiger partial charge in [0, 0.05) is 10.0 Å². The first kappa shape index (κ1) is 12.9. The number of rotatable bonds is 5. The number of carboxylic acids is 1. The predicted octanol–water partition coefficient (Wildman–Crippen LogP) is 1.69. The maximum atomic E-state index is 11.9. The van der Waals surface area contributed by atoms with Gasteiger partial charge in [0.2, 0.25) is 0 Å². The van der Waals surface area contributed by atoms with E-state index in [-0.39, 0.29) is 12.2 Å². The van der Waals surface area contributed by atoms with E-state index >= 15 is 0 Å². The van der Waals surface area contributed by atoms with E-state index < -0.39 is 12.0 Å². The van der Waals surface area contributed by atoms with Crippen molar-refractivity contribution >= 4 is 27.7 Å². The maximum absolute atomic E-state index is 11.9. The summed E-state index contributed by atoms with van der Waals surface area (Å²) in [6.07, 6.45) is -0.217. The number of benzene rings is 1. The van der Waals surface area contributed by atoms with Gasteiger partial charge in [0.1, 0.15) is 0 Å². The third-order valence-electron chi connectivity index (χ3n) is 2.17. The molecule has 0 aliphatic carbocycles. The highest BCUT2D eigenvalue weighted by Gasteiger charge is 2.20. The van der Waals surface area contributed by atoms with E-state index in [1.807, 2.05) is 0 Å². The van der Waals surface area contributed by atoms with Crippen molar-refractivity contribution in [1.82, 2.24) is 5.32 Å². The molecule has 0 amide bonds. The number of ketones is 1. The summed E-state index contributed by atoms with van der Waals surface area (Å²) in [6, 6.07) is 6.15. The second-order valence-corrected chi connectivity index (χ2v) is 4.23. The molecular weight excluding hydrogens is 274 g/mol. The van der Waals surface area contributed by atoms with Crippen LogP contribution in [0, 0.1) is 0 Å². The molecule has 0 aromatic heterocycles. The van der Waals surface area contributed by atoms with Crippen LogP contribution in [0.2, 0.25) is 0 Å². The Morgan fingerprint density at radius 2 is 1.94 bits per heavy atom. The van der Waals surface area contributed by atoms with Crippen LogP contribution < -0.4 is 5.32 Å². The normalized spacial score (nSPS) is 12.1. The molecule has 0 saturated heterocycles. The van der Waals surface area contributed by atoms with Gasteiger partial charge in [0.15, 0.2) is 5.78 Å². The molecular formula is C11H12BrNO3. The largest absolute Gasteiger partial charge is 0.481 e. The number of aliphatic carboxylic acids is 1. The van der Waals surface area contributed by atoms with Crippen LogP contribution in [0.3, 0.4) is 0 Å². The number of carbonyl (C=O) groups excluding carboxylic acids is 1. The summed E-state index contributed by atoms with van der Waals surface area (Å²) < 4.78 is 0.878. The van der Waals surface area contributed by atoms with Crippen LogP contribution >= 0.6 is 15.9 Å². The number of halogens is 1. The van der Waals surface area contributed by atoms with Crippen LogP contribution in [0.4, 0.5) is 0 Å². The molecule has 1 aromatic carbocycles. The second kappa shape index (κ2) is 5.77. The Hall–Kier alpha value is -1.20. The summed E-state index contributed by atoms with van der Waals surface area (Å²) in [5.74, 6) is -1.21. The van der Waals surface area contributed by atoms with Crippen LogP contribution in [0.1, 0.15) is 16.8 Å². The van der Waals surface area contributed by atoms with Crippen molar-refractivity contribution in [2.24, 2.45) is 0 Å². The fourth-order valence-electron chi connectivity index (χ4n) is 1.32. The molecule has 0 fully saturated rings. The van der Waals surface area contributed by atoms with Crippen molar-refractivity contribution in [3.8, 4) is 0 Å². The van der Waals surface area contributed by atoms with E-state index in [1.165, 1.54) is 0 Å². The van der Waals surface area contributed by atoms with E-state index in [0.717, 1.165) is 4.47 Å². The molecule has 0 radical (unpaired) electrons. The zero-order valence-corrected chi connectivity index (χ0v) is 10.3. The van der Waals surface area contributed by atoms with Crippen molar-refractivity contribution in [3.05, 3.63) is 34.3 Å². The Morgan fingerprint density at radius 3 is 2.38 bits per heavy atom. The third-order valence-corrected chi connectivity index (χ3v) is 2.70. The first-order valence-corrected chi connectivity index (χ1v) is 5.52. The third kappa shape index (κ3) is 3.43. The number of hydrogen-bond donors (Lipinski definition) is 2. The van der Waals surface area contributed by atoms with Crippen molar-refractivity contribution in [3.63, 3.8) is 0 Å². The average Bonchev–Trinajstić information content (AvgIpc) is 2.25. The summed E-state index contributed by atoms with van der Waals surface area (Å²) >= 11 is 3.27. The van der Waals surface area contributed by atoms with Crippen LogP contribution in [0.15, 0.2) is 28.7 Å². The van der Waals surface area contributed by atoms with Gasteiger partial charge in [-0.15, -0.1) is 0 Å². The zero-order chi connectivity index (χ0) is 12.1. The van der Waals surface area contributed by atoms with E-state index in [4.69, 9.17) is 5.11 Å². The highest BCUT2D eigenvalue weighted by molar-refractivity contribution is 9.10. The SMILES string of the molecule is CNC(CC(=O)O)C(=O)c1ccc(Br)cc1. The molecule has 1 rings (SSSR count). The van der Waals surface area contributed by atoms with Gasteiger partial charge in [-0.05, 0) is 19.2 Å². The first-order valence-electron chi connectivity index (χ1n) is 4.73. The van der Waals surface area contributed by atoms with Crippen LogP contribution in [0.25, 0.3) is 0 Å². The van der Waals surface area contributed by atoms with Gasteiger partial charge in [-0.2, -0.15) is 0 Å². The van der Waals surface area contributed by atoms with E-state index in [1.54, 1.807) is 31.3 Å². The fourth-order valence-corrected chi connectivity index (χ4v) is 1.58. The Bertz CT molecular complexity index is 389. The molecule has 5 heteroatoms. The minimum Gasteiger partial charge on any atom is -0.481 e. The lowest BCUT2D eigenvalue weighted by atomic mass is 10.0. The van der Waals surface area contributed by atoms with E-state index in [0.29, 0.717) is 5.56 Å². The Morgan fingerprint density at radius 1 is 1.38 bits per heavy atom. The monoisotopic (exact) mass is 285 g/mol. The molecule has 0 spiro atoms. The molecule has 0 saturated carbocycles. The van der Waals surface area contributed by atoms with E-state index in [9.17, 15) is 9.59 Å². The quantitative estimate of drug-likeness (QED) is 0.808. The Kier molecular flexibility index (Phi) is 4.64. The van der Waals surface area contributed by atoms with Crippen LogP contribution in [0.5, 0.6) is 0 Å². The smallest absolute Gasteiger partial charge is 0.305 e. The van der Waals surface area contributed by atoms with Gasteiger partial charge >= 0.3 is 5.97 Å². The zero-order valence-electron chi connectivity index (χ0n) is 8.74. The second-order valence-electron chi connectivity index (χ2n) is 3.31. The van der Waals surface area contributed by atoms with Gasteiger partial charge in [-0.1, -0.05) is 28.1 Å². The van der Waals surface area contributed by atoms with Crippen molar-refractivity contribution in [1.29, 1.82) is 0 Å². The van der Waals surface area contributed by atoms with Gasteiger partial charge in [0.05, 0.1) is 12.5 Å². The molecule has 4 nitrogen and oxygen atoms in total. The topological polar surface area (TPSA) is 66.4 Å². The number of hydrogen-bond acceptors (Lipinski definition) is 3. The lowest BCUT2D eigenvalue weighted by molar-refractivity contribution is -0.137. The first-order chi connectivity index (χ1) is 7.54. The van der Waals surface area contributed by atoms with Crippen molar-refractivity contribution < 1.29 is 14.7 Å². The fraction of sp³-hybridized carbons (Fsp3) is 0.273. The van der Waals surface area contributed by atoms with Gasteiger partial charge < -0.3 is 10.4 Å². The molecule has 0 bridgehead atoms. The summed E-state index contributed by atoms with van der Waals surface area (Å²) in [5.41, 5.74) is 0.504. The highest BCUT2D eigenvalue weighted by atomic mass is 79.9. The number of Topliss-reactive ketones (excluding diaryl/α,β-unsaturated/α-hetero) is 1. The molecule has 86 valence electrons. The van der Waals surface area contributed by atoms with E-state index in [2.05, 4.69) is 21.2 Å². The van der Waals surface area contributed by atoms with Gasteiger partial charge in [-0.25, -0.2) is 0 Å². The van der Waals surface area contributed by atoms with Crippen molar-refractivity contribution in [2.45, 2.75) is 12.5 Å². The summed E-state index contributed by atoms with van der Waals surface area (Å²) in [7, 11) is 1.57. The minimum atomic E-state index is -0.996. The molecule has 1 unspecified atom stereocenters. The average molecular weight is 286 g/mol.